The molecule has 112 valence electrons. The molecule has 0 bridgehead atoms. The third-order valence-electron chi connectivity index (χ3n) is 3.26. The smallest absolute Gasteiger partial charge is 0.395 e. The summed E-state index contributed by atoms with van der Waals surface area (Å²) in [6.45, 7) is 2.58. The number of hydrogen-bond donors (Lipinski definition) is 1. The van der Waals surface area contributed by atoms with E-state index in [1.807, 2.05) is 20.0 Å². The molecule has 0 aliphatic carbocycles. The van der Waals surface area contributed by atoms with Gasteiger partial charge in [-0.1, -0.05) is 6.92 Å². The first-order valence-corrected chi connectivity index (χ1v) is 6.62. The number of anilines is 1. The fourth-order valence-electron chi connectivity index (χ4n) is 2.16. The van der Waals surface area contributed by atoms with Crippen molar-refractivity contribution in [3.05, 3.63) is 35.7 Å². The summed E-state index contributed by atoms with van der Waals surface area (Å²) in [6.07, 6.45) is -2.72. The number of ether oxygens (including phenoxy) is 2. The van der Waals surface area contributed by atoms with Crippen molar-refractivity contribution in [2.24, 2.45) is 7.05 Å². The van der Waals surface area contributed by atoms with Gasteiger partial charge < -0.3 is 14.8 Å². The van der Waals surface area contributed by atoms with Crippen LogP contribution in [0.25, 0.3) is 0 Å². The minimum absolute atomic E-state index is 0.0317. The second-order valence-electron chi connectivity index (χ2n) is 4.79. The van der Waals surface area contributed by atoms with Crippen LogP contribution in [-0.2, 0) is 20.0 Å². The molecule has 21 heavy (non-hydrogen) atoms. The van der Waals surface area contributed by atoms with Crippen molar-refractivity contribution in [1.82, 2.24) is 9.78 Å². The van der Waals surface area contributed by atoms with Gasteiger partial charge in [0, 0.05) is 18.8 Å². The second kappa shape index (κ2) is 4.91. The fraction of sp³-hybridized carbons (Fsp3) is 0.357. The number of aryl methyl sites for hydroxylation is 2. The minimum Gasteiger partial charge on any atom is -0.395 e. The number of hydrogen-bond acceptors (Lipinski definition) is 4. The average Bonchev–Trinajstić information content (AvgIpc) is 2.93. The Hall–Kier alpha value is -2.31. The molecule has 1 aromatic heterocycles. The van der Waals surface area contributed by atoms with Gasteiger partial charge in [-0.2, -0.15) is 5.10 Å². The largest absolute Gasteiger partial charge is 0.586 e. The fourth-order valence-corrected chi connectivity index (χ4v) is 2.16. The number of rotatable bonds is 4. The quantitative estimate of drug-likeness (QED) is 0.942. The lowest BCUT2D eigenvalue weighted by Crippen LogP contribution is -2.25. The van der Waals surface area contributed by atoms with Crippen molar-refractivity contribution in [2.75, 3.05) is 5.32 Å². The standard InChI is InChI=1S/C14H15F2N3O2/c1-3-9-6-11(19(2)18-9)8-17-10-4-5-12-13(7-10)21-14(15,16)20-12/h4-7,17H,3,8H2,1-2H3. The molecule has 5 nitrogen and oxygen atoms in total. The number of aromatic nitrogens is 2. The third kappa shape index (κ3) is 2.76. The highest BCUT2D eigenvalue weighted by molar-refractivity contribution is 5.56. The molecular formula is C14H15F2N3O2. The monoisotopic (exact) mass is 295 g/mol. The van der Waals surface area contributed by atoms with Crippen molar-refractivity contribution in [3.8, 4) is 11.5 Å². The molecule has 2 heterocycles. The van der Waals surface area contributed by atoms with E-state index < -0.39 is 6.29 Å². The number of fused-ring (bicyclic) bond motifs is 1. The maximum absolute atomic E-state index is 12.9. The molecule has 0 unspecified atom stereocenters. The maximum Gasteiger partial charge on any atom is 0.586 e. The van der Waals surface area contributed by atoms with Crippen LogP contribution in [0.1, 0.15) is 18.3 Å². The van der Waals surface area contributed by atoms with Crippen LogP contribution in [-0.4, -0.2) is 16.1 Å². The first-order chi connectivity index (χ1) is 9.97. The zero-order valence-corrected chi connectivity index (χ0v) is 11.7. The van der Waals surface area contributed by atoms with E-state index in [0.717, 1.165) is 17.8 Å². The van der Waals surface area contributed by atoms with Crippen molar-refractivity contribution in [2.45, 2.75) is 26.2 Å². The lowest BCUT2D eigenvalue weighted by Gasteiger charge is -2.07. The van der Waals surface area contributed by atoms with E-state index in [4.69, 9.17) is 0 Å². The third-order valence-corrected chi connectivity index (χ3v) is 3.26. The van der Waals surface area contributed by atoms with E-state index in [2.05, 4.69) is 19.9 Å². The zero-order valence-electron chi connectivity index (χ0n) is 11.7. The van der Waals surface area contributed by atoms with Crippen molar-refractivity contribution in [1.29, 1.82) is 0 Å². The minimum atomic E-state index is -3.58. The summed E-state index contributed by atoms with van der Waals surface area (Å²) in [5.41, 5.74) is 2.70. The van der Waals surface area contributed by atoms with Gasteiger partial charge >= 0.3 is 6.29 Å². The summed E-state index contributed by atoms with van der Waals surface area (Å²) in [5, 5.41) is 7.51. The summed E-state index contributed by atoms with van der Waals surface area (Å²) in [4.78, 5) is 0. The molecule has 0 spiro atoms. The van der Waals surface area contributed by atoms with Crippen LogP contribution >= 0.6 is 0 Å². The van der Waals surface area contributed by atoms with Crippen LogP contribution < -0.4 is 14.8 Å². The zero-order chi connectivity index (χ0) is 15.0. The van der Waals surface area contributed by atoms with Crippen LogP contribution in [0.15, 0.2) is 24.3 Å². The normalized spacial score (nSPS) is 15.2. The Balaban J connectivity index is 1.71. The van der Waals surface area contributed by atoms with Gasteiger partial charge in [0.2, 0.25) is 0 Å². The number of alkyl halides is 2. The lowest BCUT2D eigenvalue weighted by molar-refractivity contribution is -0.286. The van der Waals surface area contributed by atoms with Gasteiger partial charge in [-0.15, -0.1) is 8.78 Å². The van der Waals surface area contributed by atoms with Crippen LogP contribution in [0.3, 0.4) is 0 Å². The van der Waals surface area contributed by atoms with Gasteiger partial charge in [-0.05, 0) is 24.6 Å². The number of nitrogens with zero attached hydrogens (tertiary/aromatic N) is 2. The topological polar surface area (TPSA) is 48.3 Å². The van der Waals surface area contributed by atoms with Gasteiger partial charge in [-0.25, -0.2) is 0 Å². The van der Waals surface area contributed by atoms with E-state index in [9.17, 15) is 8.78 Å². The SMILES string of the molecule is CCc1cc(CNc2ccc3c(c2)OC(F)(F)O3)n(C)n1. The average molecular weight is 295 g/mol. The lowest BCUT2D eigenvalue weighted by atomic mass is 10.2. The molecule has 0 saturated carbocycles. The summed E-state index contributed by atoms with van der Waals surface area (Å²) in [7, 11) is 1.87. The van der Waals surface area contributed by atoms with E-state index in [0.29, 0.717) is 12.2 Å². The van der Waals surface area contributed by atoms with E-state index in [-0.39, 0.29) is 11.5 Å². The molecule has 0 atom stereocenters. The molecule has 0 fully saturated rings. The number of halogens is 2. The Bertz CT molecular complexity index is 670. The molecule has 0 amide bonds. The highest BCUT2D eigenvalue weighted by atomic mass is 19.3. The van der Waals surface area contributed by atoms with Gasteiger partial charge in [0.25, 0.3) is 0 Å². The van der Waals surface area contributed by atoms with Gasteiger partial charge in [-0.3, -0.25) is 4.68 Å². The highest BCUT2D eigenvalue weighted by Crippen LogP contribution is 2.42. The van der Waals surface area contributed by atoms with E-state index >= 15 is 0 Å². The van der Waals surface area contributed by atoms with E-state index in [1.165, 1.54) is 12.1 Å². The van der Waals surface area contributed by atoms with Crippen LogP contribution in [0, 0.1) is 0 Å². The van der Waals surface area contributed by atoms with Gasteiger partial charge in [0.05, 0.1) is 17.9 Å². The van der Waals surface area contributed by atoms with E-state index in [1.54, 1.807) is 10.7 Å². The highest BCUT2D eigenvalue weighted by Gasteiger charge is 2.43. The molecule has 0 radical (unpaired) electrons. The Morgan fingerprint density at radius 1 is 1.24 bits per heavy atom. The molecule has 2 aromatic rings. The molecule has 1 aliphatic rings. The predicted octanol–water partition coefficient (Wildman–Crippen LogP) is 2.92. The number of nitrogens with one attached hydrogen (secondary N) is 1. The van der Waals surface area contributed by atoms with Crippen molar-refractivity contribution in [3.63, 3.8) is 0 Å². The maximum atomic E-state index is 12.9. The Morgan fingerprint density at radius 3 is 2.71 bits per heavy atom. The molecular weight excluding hydrogens is 280 g/mol. The summed E-state index contributed by atoms with van der Waals surface area (Å²) < 4.78 is 36.4. The molecule has 3 rings (SSSR count). The van der Waals surface area contributed by atoms with Gasteiger partial charge in [0.1, 0.15) is 0 Å². The first kappa shape index (κ1) is 13.7. The predicted molar refractivity (Wildman–Crippen MR) is 72.6 cm³/mol. The molecule has 1 aliphatic heterocycles. The van der Waals surface area contributed by atoms with Crippen LogP contribution in [0.5, 0.6) is 11.5 Å². The van der Waals surface area contributed by atoms with Crippen LogP contribution in [0.4, 0.5) is 14.5 Å². The van der Waals surface area contributed by atoms with Gasteiger partial charge in [0.15, 0.2) is 11.5 Å². The van der Waals surface area contributed by atoms with Crippen molar-refractivity contribution >= 4 is 5.69 Å². The molecule has 1 N–H and O–H groups in total. The molecule has 1 aromatic carbocycles. The summed E-state index contributed by atoms with van der Waals surface area (Å²) >= 11 is 0. The first-order valence-electron chi connectivity index (χ1n) is 6.62. The Morgan fingerprint density at radius 2 is 2.00 bits per heavy atom. The second-order valence-corrected chi connectivity index (χ2v) is 4.79. The summed E-state index contributed by atoms with van der Waals surface area (Å²) in [6, 6.07) is 6.63. The molecule has 0 saturated heterocycles. The molecule has 7 heteroatoms. The van der Waals surface area contributed by atoms with Crippen molar-refractivity contribution < 1.29 is 18.3 Å². The number of benzene rings is 1. The Kier molecular flexibility index (Phi) is 3.19. The summed E-state index contributed by atoms with van der Waals surface area (Å²) in [5.74, 6) is 0.0728. The Labute approximate surface area is 120 Å². The van der Waals surface area contributed by atoms with Crippen LogP contribution in [0.2, 0.25) is 0 Å².